The van der Waals surface area contributed by atoms with Gasteiger partial charge in [-0.25, -0.2) is 0 Å². The molecule has 0 spiro atoms. The molecule has 23 heavy (non-hydrogen) atoms. The quantitative estimate of drug-likeness (QED) is 0.838. The van der Waals surface area contributed by atoms with E-state index >= 15 is 0 Å². The minimum Gasteiger partial charge on any atom is -0.368 e. The number of hydrogen-bond donors (Lipinski definition) is 1. The van der Waals surface area contributed by atoms with Crippen molar-refractivity contribution in [1.82, 2.24) is 10.2 Å². The van der Waals surface area contributed by atoms with Gasteiger partial charge in [0.2, 0.25) is 11.8 Å². The van der Waals surface area contributed by atoms with Gasteiger partial charge in [0.1, 0.15) is 6.04 Å². The second-order valence-electron chi connectivity index (χ2n) is 6.07. The summed E-state index contributed by atoms with van der Waals surface area (Å²) in [6, 6.07) is 7.23. The number of amides is 2. The smallest absolute Gasteiger partial charge is 0.245 e. The first-order valence-electron chi connectivity index (χ1n) is 7.99. The Labute approximate surface area is 135 Å². The third-order valence-electron chi connectivity index (χ3n) is 4.52. The standard InChI is InChI=1S/C17H21N3O3/c1-12(21)13-2-4-14(5-3-13)19-8-10-20(11-9-19)17(23)15-6-7-16(22)18-15/h2-5,15H,6-11H2,1H3,(H,18,22)/t15-/m0/s1. The summed E-state index contributed by atoms with van der Waals surface area (Å²) in [6.07, 6.45) is 1.04. The van der Waals surface area contributed by atoms with Crippen LogP contribution < -0.4 is 10.2 Å². The highest BCUT2D eigenvalue weighted by molar-refractivity contribution is 5.94. The van der Waals surface area contributed by atoms with Crippen LogP contribution in [-0.4, -0.2) is 54.7 Å². The van der Waals surface area contributed by atoms with E-state index in [-0.39, 0.29) is 23.6 Å². The Morgan fingerprint density at radius 1 is 1.09 bits per heavy atom. The maximum atomic E-state index is 12.4. The zero-order valence-corrected chi connectivity index (χ0v) is 13.2. The summed E-state index contributed by atoms with van der Waals surface area (Å²) in [7, 11) is 0. The molecule has 2 aliphatic heterocycles. The Kier molecular flexibility index (Phi) is 4.32. The lowest BCUT2D eigenvalue weighted by Crippen LogP contribution is -2.53. The molecule has 1 atom stereocenters. The molecule has 1 aromatic carbocycles. The molecule has 0 aromatic heterocycles. The fourth-order valence-electron chi connectivity index (χ4n) is 3.11. The largest absolute Gasteiger partial charge is 0.368 e. The van der Waals surface area contributed by atoms with Gasteiger partial charge in [-0.05, 0) is 37.6 Å². The molecule has 2 heterocycles. The topological polar surface area (TPSA) is 69.7 Å². The molecular weight excluding hydrogens is 294 g/mol. The molecule has 122 valence electrons. The Balaban J connectivity index is 1.56. The summed E-state index contributed by atoms with van der Waals surface area (Å²) < 4.78 is 0. The molecule has 6 nitrogen and oxygen atoms in total. The second-order valence-corrected chi connectivity index (χ2v) is 6.07. The normalized spacial score (nSPS) is 21.3. The number of rotatable bonds is 3. The first kappa shape index (κ1) is 15.5. The fourth-order valence-corrected chi connectivity index (χ4v) is 3.11. The number of hydrogen-bond acceptors (Lipinski definition) is 4. The van der Waals surface area contributed by atoms with Crippen LogP contribution in [0.3, 0.4) is 0 Å². The van der Waals surface area contributed by atoms with Crippen molar-refractivity contribution in [2.75, 3.05) is 31.1 Å². The Hall–Kier alpha value is -2.37. The van der Waals surface area contributed by atoms with Crippen LogP contribution in [0.4, 0.5) is 5.69 Å². The molecule has 0 radical (unpaired) electrons. The number of anilines is 1. The second kappa shape index (κ2) is 6.40. The summed E-state index contributed by atoms with van der Waals surface area (Å²) in [5.41, 5.74) is 1.77. The van der Waals surface area contributed by atoms with Crippen LogP contribution in [0, 0.1) is 0 Å². The van der Waals surface area contributed by atoms with Crippen molar-refractivity contribution < 1.29 is 14.4 Å². The summed E-state index contributed by atoms with van der Waals surface area (Å²) in [5, 5.41) is 2.73. The summed E-state index contributed by atoms with van der Waals surface area (Å²) in [5.74, 6) is 0.0561. The lowest BCUT2D eigenvalue weighted by atomic mass is 10.1. The molecule has 2 amide bonds. The van der Waals surface area contributed by atoms with Gasteiger partial charge in [-0.2, -0.15) is 0 Å². The molecular formula is C17H21N3O3. The van der Waals surface area contributed by atoms with E-state index in [0.717, 1.165) is 18.8 Å². The lowest BCUT2D eigenvalue weighted by Gasteiger charge is -2.37. The Morgan fingerprint density at radius 2 is 1.74 bits per heavy atom. The lowest BCUT2D eigenvalue weighted by molar-refractivity contribution is -0.134. The van der Waals surface area contributed by atoms with E-state index < -0.39 is 0 Å². The van der Waals surface area contributed by atoms with E-state index in [0.29, 0.717) is 31.5 Å². The zero-order valence-electron chi connectivity index (χ0n) is 13.2. The molecule has 2 aliphatic rings. The number of piperazine rings is 1. The van der Waals surface area contributed by atoms with E-state index in [1.54, 1.807) is 6.92 Å². The van der Waals surface area contributed by atoms with Gasteiger partial charge in [0, 0.05) is 43.9 Å². The third-order valence-corrected chi connectivity index (χ3v) is 4.52. The Bertz CT molecular complexity index is 618. The van der Waals surface area contributed by atoms with Gasteiger partial charge in [0.05, 0.1) is 0 Å². The van der Waals surface area contributed by atoms with Crippen LogP contribution in [-0.2, 0) is 9.59 Å². The molecule has 0 unspecified atom stereocenters. The SMILES string of the molecule is CC(=O)c1ccc(N2CCN(C(=O)[C@@H]3CCC(=O)N3)CC2)cc1. The molecule has 3 rings (SSSR count). The van der Waals surface area contributed by atoms with Gasteiger partial charge in [-0.1, -0.05) is 0 Å². The molecule has 0 aliphatic carbocycles. The van der Waals surface area contributed by atoms with Crippen LogP contribution in [0.25, 0.3) is 0 Å². The van der Waals surface area contributed by atoms with E-state index in [1.165, 1.54) is 0 Å². The van der Waals surface area contributed by atoms with Crippen molar-refractivity contribution in [3.05, 3.63) is 29.8 Å². The van der Waals surface area contributed by atoms with Gasteiger partial charge in [0.25, 0.3) is 0 Å². The van der Waals surface area contributed by atoms with Gasteiger partial charge in [-0.15, -0.1) is 0 Å². The van der Waals surface area contributed by atoms with E-state index in [1.807, 2.05) is 29.2 Å². The molecule has 0 saturated carbocycles. The first-order chi connectivity index (χ1) is 11.0. The highest BCUT2D eigenvalue weighted by Crippen LogP contribution is 2.19. The van der Waals surface area contributed by atoms with Gasteiger partial charge in [0.15, 0.2) is 5.78 Å². The number of carbonyl (C=O) groups excluding carboxylic acids is 3. The summed E-state index contributed by atoms with van der Waals surface area (Å²) >= 11 is 0. The highest BCUT2D eigenvalue weighted by atomic mass is 16.2. The predicted octanol–water partition coefficient (Wildman–Crippen LogP) is 0.816. The van der Waals surface area contributed by atoms with Gasteiger partial charge < -0.3 is 15.1 Å². The summed E-state index contributed by atoms with van der Waals surface area (Å²) in [6.45, 7) is 4.37. The van der Waals surface area contributed by atoms with Crippen LogP contribution >= 0.6 is 0 Å². The molecule has 0 bridgehead atoms. The fraction of sp³-hybridized carbons (Fsp3) is 0.471. The minimum atomic E-state index is -0.344. The van der Waals surface area contributed by atoms with Crippen molar-refractivity contribution in [2.24, 2.45) is 0 Å². The predicted molar refractivity (Wildman–Crippen MR) is 86.4 cm³/mol. The molecule has 1 aromatic rings. The average Bonchev–Trinajstić information content (AvgIpc) is 3.01. The van der Waals surface area contributed by atoms with E-state index in [4.69, 9.17) is 0 Å². The molecule has 6 heteroatoms. The number of benzene rings is 1. The number of Topliss-reactive ketones (excluding diaryl/α,β-unsaturated/α-hetero) is 1. The third kappa shape index (κ3) is 3.36. The number of ketones is 1. The first-order valence-corrected chi connectivity index (χ1v) is 7.99. The number of nitrogens with zero attached hydrogens (tertiary/aromatic N) is 2. The van der Waals surface area contributed by atoms with Crippen LogP contribution in [0.15, 0.2) is 24.3 Å². The molecule has 1 N–H and O–H groups in total. The zero-order chi connectivity index (χ0) is 16.4. The van der Waals surface area contributed by atoms with Crippen molar-refractivity contribution >= 4 is 23.3 Å². The highest BCUT2D eigenvalue weighted by Gasteiger charge is 2.32. The Morgan fingerprint density at radius 3 is 2.26 bits per heavy atom. The number of nitrogens with one attached hydrogen (secondary N) is 1. The molecule has 2 fully saturated rings. The summed E-state index contributed by atoms with van der Waals surface area (Å²) in [4.78, 5) is 39.0. The van der Waals surface area contributed by atoms with Gasteiger partial charge in [-0.3, -0.25) is 14.4 Å². The average molecular weight is 315 g/mol. The van der Waals surface area contributed by atoms with Crippen molar-refractivity contribution in [3.8, 4) is 0 Å². The maximum Gasteiger partial charge on any atom is 0.245 e. The minimum absolute atomic E-state index is 0.0300. The van der Waals surface area contributed by atoms with Crippen molar-refractivity contribution in [1.29, 1.82) is 0 Å². The van der Waals surface area contributed by atoms with Crippen molar-refractivity contribution in [3.63, 3.8) is 0 Å². The monoisotopic (exact) mass is 315 g/mol. The maximum absolute atomic E-state index is 12.4. The molecule has 2 saturated heterocycles. The van der Waals surface area contributed by atoms with Crippen LogP contribution in [0.1, 0.15) is 30.1 Å². The van der Waals surface area contributed by atoms with Crippen molar-refractivity contribution in [2.45, 2.75) is 25.8 Å². The van der Waals surface area contributed by atoms with E-state index in [2.05, 4.69) is 10.2 Å². The number of carbonyl (C=O) groups is 3. The van der Waals surface area contributed by atoms with E-state index in [9.17, 15) is 14.4 Å². The van der Waals surface area contributed by atoms with Crippen LogP contribution in [0.5, 0.6) is 0 Å². The van der Waals surface area contributed by atoms with Crippen LogP contribution in [0.2, 0.25) is 0 Å². The van der Waals surface area contributed by atoms with Gasteiger partial charge >= 0.3 is 0 Å².